The number of pyridine rings is 1. The third-order valence-corrected chi connectivity index (χ3v) is 9.58. The minimum absolute atomic E-state index is 0.0288. The summed E-state index contributed by atoms with van der Waals surface area (Å²) in [5, 5.41) is 3.51. The van der Waals surface area contributed by atoms with E-state index in [-0.39, 0.29) is 11.4 Å². The van der Waals surface area contributed by atoms with Crippen LogP contribution in [0.1, 0.15) is 40.9 Å². The third kappa shape index (κ3) is 6.96. The number of piperazine rings is 1. The maximum atomic E-state index is 13.5. The first-order valence-electron chi connectivity index (χ1n) is 15.7. The molecule has 1 aliphatic heterocycles. The quantitative estimate of drug-likeness (QED) is 0.169. The van der Waals surface area contributed by atoms with E-state index in [9.17, 15) is 4.79 Å². The fourth-order valence-electron chi connectivity index (χ4n) is 6.23. The first kappa shape index (κ1) is 33.6. The van der Waals surface area contributed by atoms with E-state index in [1.165, 1.54) is 31.5 Å². The van der Waals surface area contributed by atoms with E-state index in [1.807, 2.05) is 18.3 Å². The summed E-state index contributed by atoms with van der Waals surface area (Å²) < 4.78 is 10.9. The Bertz CT molecular complexity index is 1920. The van der Waals surface area contributed by atoms with Crippen molar-refractivity contribution >= 4 is 46.0 Å². The van der Waals surface area contributed by atoms with Crippen molar-refractivity contribution in [3.8, 4) is 22.6 Å². The van der Waals surface area contributed by atoms with Gasteiger partial charge in [0.25, 0.3) is 5.91 Å². The Morgan fingerprint density at radius 3 is 2.15 bits per heavy atom. The fraction of sp³-hybridized carbons (Fsp3) is 0.297. The number of aryl methyl sites for hydroxylation is 1. The van der Waals surface area contributed by atoms with Gasteiger partial charge in [-0.05, 0) is 44.0 Å². The number of anilines is 1. The summed E-state index contributed by atoms with van der Waals surface area (Å²) >= 11 is 13.4. The van der Waals surface area contributed by atoms with Crippen molar-refractivity contribution in [2.45, 2.75) is 39.4 Å². The molecule has 11 heteroatoms. The molecule has 1 amide bonds. The number of fused-ring (bicyclic) bond motifs is 1. The van der Waals surface area contributed by atoms with Crippen molar-refractivity contribution in [1.29, 1.82) is 0 Å². The molecule has 248 valence electrons. The van der Waals surface area contributed by atoms with Gasteiger partial charge in [-0.1, -0.05) is 65.2 Å². The van der Waals surface area contributed by atoms with Crippen LogP contribution >= 0.6 is 23.2 Å². The Balaban J connectivity index is 1.15. The predicted octanol–water partition coefficient (Wildman–Crippen LogP) is 7.67. The largest absolute Gasteiger partial charge is 0.495 e. The lowest BCUT2D eigenvalue weighted by atomic mass is 9.97. The molecule has 1 N–H and O–H groups in total. The van der Waals surface area contributed by atoms with Gasteiger partial charge in [-0.15, -0.1) is 0 Å². The number of carbonyl (C=O) groups excluding carboxylic acids is 1. The molecule has 6 rings (SSSR count). The zero-order chi connectivity index (χ0) is 34.0. The van der Waals surface area contributed by atoms with E-state index < -0.39 is 0 Å². The Hall–Kier alpha value is -4.28. The Kier molecular flexibility index (Phi) is 9.85. The normalized spacial score (nSPS) is 15.0. The minimum Gasteiger partial charge on any atom is -0.495 e. The Morgan fingerprint density at radius 1 is 0.854 bits per heavy atom. The molecular formula is C37H38Cl2N6O3. The van der Waals surface area contributed by atoms with Gasteiger partial charge in [0.05, 0.1) is 35.3 Å². The first-order chi connectivity index (χ1) is 23.1. The van der Waals surface area contributed by atoms with E-state index in [0.29, 0.717) is 55.1 Å². The molecule has 1 aliphatic rings. The molecule has 0 saturated carbocycles. The van der Waals surface area contributed by atoms with Crippen LogP contribution in [0.4, 0.5) is 5.82 Å². The minimum atomic E-state index is -0.362. The summed E-state index contributed by atoms with van der Waals surface area (Å²) in [5.74, 6) is 0.867. The van der Waals surface area contributed by atoms with Gasteiger partial charge in [-0.2, -0.15) is 0 Å². The summed E-state index contributed by atoms with van der Waals surface area (Å²) in [5.41, 5.74) is 5.97. The fourth-order valence-corrected chi connectivity index (χ4v) is 6.93. The predicted molar refractivity (Wildman–Crippen MR) is 191 cm³/mol. The van der Waals surface area contributed by atoms with Crippen molar-refractivity contribution in [2.75, 3.05) is 39.2 Å². The molecule has 3 heterocycles. The molecule has 5 aromatic rings. The number of hydrogen-bond donors (Lipinski definition) is 1. The van der Waals surface area contributed by atoms with Gasteiger partial charge in [0.1, 0.15) is 22.8 Å². The molecule has 0 aliphatic carbocycles. The van der Waals surface area contributed by atoms with Gasteiger partial charge in [-0.3, -0.25) is 24.6 Å². The number of nitrogens with one attached hydrogen (secondary N) is 1. The summed E-state index contributed by atoms with van der Waals surface area (Å²) in [6, 6.07) is 17.7. The van der Waals surface area contributed by atoms with Crippen LogP contribution in [0.15, 0.2) is 73.2 Å². The van der Waals surface area contributed by atoms with Crippen LogP contribution in [-0.4, -0.2) is 70.1 Å². The monoisotopic (exact) mass is 684 g/mol. The van der Waals surface area contributed by atoms with Crippen molar-refractivity contribution in [1.82, 2.24) is 24.8 Å². The molecule has 0 atom stereocenters. The number of carbonyl (C=O) groups is 1. The molecule has 0 bridgehead atoms. The van der Waals surface area contributed by atoms with E-state index in [2.05, 4.69) is 75.1 Å². The number of methoxy groups -OCH3 is 2. The van der Waals surface area contributed by atoms with Gasteiger partial charge in [0, 0.05) is 74.0 Å². The number of hydrogen-bond acceptors (Lipinski definition) is 8. The number of benzene rings is 3. The maximum absolute atomic E-state index is 13.5. The first-order valence-corrected chi connectivity index (χ1v) is 16.5. The molecule has 48 heavy (non-hydrogen) atoms. The van der Waals surface area contributed by atoms with E-state index in [1.54, 1.807) is 24.4 Å². The van der Waals surface area contributed by atoms with Crippen LogP contribution in [0.2, 0.25) is 10.0 Å². The molecule has 1 saturated heterocycles. The van der Waals surface area contributed by atoms with Crippen molar-refractivity contribution < 1.29 is 14.3 Å². The topological polar surface area (TPSA) is 92.7 Å². The number of nitrogens with zero attached hydrogens (tertiary/aromatic N) is 5. The Morgan fingerprint density at radius 2 is 1.52 bits per heavy atom. The Labute approximate surface area is 290 Å². The van der Waals surface area contributed by atoms with Crippen LogP contribution in [-0.2, 0) is 13.1 Å². The lowest BCUT2D eigenvalue weighted by molar-refractivity contribution is 0.0103. The summed E-state index contributed by atoms with van der Waals surface area (Å²) in [6.07, 6.45) is 4.91. The molecule has 9 nitrogen and oxygen atoms in total. The average molecular weight is 686 g/mol. The van der Waals surface area contributed by atoms with E-state index in [0.717, 1.165) is 38.3 Å². The van der Waals surface area contributed by atoms with Gasteiger partial charge < -0.3 is 14.8 Å². The van der Waals surface area contributed by atoms with Crippen LogP contribution in [0, 0.1) is 6.92 Å². The van der Waals surface area contributed by atoms with Crippen LogP contribution < -0.4 is 14.8 Å². The highest BCUT2D eigenvalue weighted by molar-refractivity contribution is 6.41. The number of aromatic nitrogens is 3. The molecule has 1 fully saturated rings. The van der Waals surface area contributed by atoms with E-state index in [4.69, 9.17) is 32.7 Å². The highest BCUT2D eigenvalue weighted by atomic mass is 35.5. The van der Waals surface area contributed by atoms with E-state index >= 15 is 0 Å². The van der Waals surface area contributed by atoms with Gasteiger partial charge in [0.2, 0.25) is 0 Å². The van der Waals surface area contributed by atoms with Crippen LogP contribution in [0.3, 0.4) is 0 Å². The zero-order valence-corrected chi connectivity index (χ0v) is 29.2. The summed E-state index contributed by atoms with van der Waals surface area (Å²) in [6.45, 7) is 11.4. The molecule has 0 spiro atoms. The highest BCUT2D eigenvalue weighted by Gasteiger charge is 2.33. The molecule has 2 aromatic heterocycles. The van der Waals surface area contributed by atoms with Gasteiger partial charge >= 0.3 is 0 Å². The van der Waals surface area contributed by atoms with Crippen LogP contribution in [0.5, 0.6) is 11.5 Å². The van der Waals surface area contributed by atoms with Gasteiger partial charge in [0.15, 0.2) is 0 Å². The lowest BCUT2D eigenvalue weighted by Crippen LogP contribution is -2.58. The summed E-state index contributed by atoms with van der Waals surface area (Å²) in [4.78, 5) is 32.2. The number of amides is 1. The smallest absolute Gasteiger partial charge is 0.259 e. The molecule has 3 aromatic carbocycles. The SMILES string of the molecule is COc1cc(OC)c(Cl)c(-c2ccc(C(=O)Nc3ccc(CN4CCN(Cc5ccc(C)cc5)C(C)(C)C4)cn3)c3nccnc23)c1Cl. The maximum Gasteiger partial charge on any atom is 0.259 e. The number of halogens is 2. The molecule has 0 radical (unpaired) electrons. The van der Waals surface area contributed by atoms with Crippen molar-refractivity contribution in [2.24, 2.45) is 0 Å². The second-order valence-electron chi connectivity index (χ2n) is 12.6. The van der Waals surface area contributed by atoms with Crippen LogP contribution in [0.25, 0.3) is 22.2 Å². The molecule has 0 unspecified atom stereocenters. The zero-order valence-electron chi connectivity index (χ0n) is 27.7. The third-order valence-electron chi connectivity index (χ3n) is 8.83. The standard InChI is InChI=1S/C37H38Cl2N6O3/c1-23-6-8-24(9-7-23)21-45-17-16-44(22-37(45,2)3)20-25-10-13-30(42-19-25)43-36(46)27-12-11-26(34-35(27)41-15-14-40-34)31-32(38)28(47-4)18-29(48-5)33(31)39/h6-15,18-19H,16-17,20-22H2,1-5H3,(H,42,43,46). The highest BCUT2D eigenvalue weighted by Crippen LogP contribution is 2.47. The van der Waals surface area contributed by atoms with Crippen molar-refractivity contribution in [3.63, 3.8) is 0 Å². The lowest BCUT2D eigenvalue weighted by Gasteiger charge is -2.47. The number of ether oxygens (including phenoxy) is 2. The average Bonchev–Trinajstić information content (AvgIpc) is 3.07. The number of rotatable bonds is 9. The summed E-state index contributed by atoms with van der Waals surface area (Å²) in [7, 11) is 3.03. The van der Waals surface area contributed by atoms with Crippen molar-refractivity contribution in [3.05, 3.63) is 105 Å². The molecular weight excluding hydrogens is 647 g/mol. The second-order valence-corrected chi connectivity index (χ2v) is 13.4. The van der Waals surface area contributed by atoms with Gasteiger partial charge in [-0.25, -0.2) is 4.98 Å². The second kappa shape index (κ2) is 14.1.